The van der Waals surface area contributed by atoms with Crippen LogP contribution in [0.5, 0.6) is 11.5 Å². The van der Waals surface area contributed by atoms with E-state index in [0.29, 0.717) is 41.0 Å². The van der Waals surface area contributed by atoms with Gasteiger partial charge in [0.05, 0.1) is 26.0 Å². The summed E-state index contributed by atoms with van der Waals surface area (Å²) < 4.78 is 16.9. The number of fused-ring (bicyclic) bond motifs is 1. The summed E-state index contributed by atoms with van der Waals surface area (Å²) in [6.07, 6.45) is 0. The largest absolute Gasteiger partial charge is 0.492 e. The van der Waals surface area contributed by atoms with Crippen molar-refractivity contribution in [2.24, 2.45) is 0 Å². The lowest BCUT2D eigenvalue weighted by atomic mass is 10.2. The highest BCUT2D eigenvalue weighted by molar-refractivity contribution is 7.21. The van der Waals surface area contributed by atoms with Crippen molar-refractivity contribution in [3.8, 4) is 11.5 Å². The summed E-state index contributed by atoms with van der Waals surface area (Å²) in [6, 6.07) is 12.2. The maximum Gasteiger partial charge on any atom is 0.351 e. The van der Waals surface area contributed by atoms with Gasteiger partial charge in [0.15, 0.2) is 10.6 Å². The molecule has 0 aliphatic heterocycles. The van der Waals surface area contributed by atoms with E-state index in [2.05, 4.69) is 10.6 Å². The van der Waals surface area contributed by atoms with Crippen LogP contribution < -0.4 is 20.1 Å². The van der Waals surface area contributed by atoms with Gasteiger partial charge >= 0.3 is 12.0 Å². The van der Waals surface area contributed by atoms with Gasteiger partial charge in [-0.3, -0.25) is 0 Å². The Balaban J connectivity index is 1.84. The summed E-state index contributed by atoms with van der Waals surface area (Å²) in [5, 5.41) is 6.33. The van der Waals surface area contributed by atoms with E-state index in [9.17, 15) is 9.59 Å². The Morgan fingerprint density at radius 3 is 2.48 bits per heavy atom. The second-order valence-electron chi connectivity index (χ2n) is 5.90. The highest BCUT2D eigenvalue weighted by Crippen LogP contribution is 2.39. The standard InChI is InChI=1S/C21H22N2O5S/c1-4-27-16-9-7-6-8-15(16)23-21(25)22-13-10-11-17-14(12-13)18(28-5-2)19(29-17)20(24)26-3/h6-12H,4-5H2,1-3H3,(H2,22,23,25). The summed E-state index contributed by atoms with van der Waals surface area (Å²) in [5.74, 6) is 0.610. The Bertz CT molecular complexity index is 1030. The third-order valence-electron chi connectivity index (χ3n) is 3.99. The zero-order valence-electron chi connectivity index (χ0n) is 16.4. The molecule has 3 aromatic rings. The van der Waals surface area contributed by atoms with E-state index in [1.807, 2.05) is 32.0 Å². The highest BCUT2D eigenvalue weighted by Gasteiger charge is 2.21. The Morgan fingerprint density at radius 1 is 1.00 bits per heavy atom. The number of benzene rings is 2. The molecular formula is C21H22N2O5S. The van der Waals surface area contributed by atoms with Gasteiger partial charge < -0.3 is 24.8 Å². The molecule has 0 aliphatic rings. The van der Waals surface area contributed by atoms with Gasteiger partial charge in [-0.1, -0.05) is 12.1 Å². The number of rotatable bonds is 7. The average molecular weight is 414 g/mol. The van der Waals surface area contributed by atoms with E-state index in [1.54, 1.807) is 24.3 Å². The minimum Gasteiger partial charge on any atom is -0.492 e. The van der Waals surface area contributed by atoms with Crippen molar-refractivity contribution in [2.75, 3.05) is 31.0 Å². The molecular weight excluding hydrogens is 392 g/mol. The number of nitrogens with one attached hydrogen (secondary N) is 2. The van der Waals surface area contributed by atoms with Gasteiger partial charge in [-0.25, -0.2) is 9.59 Å². The maximum atomic E-state index is 12.5. The zero-order valence-corrected chi connectivity index (χ0v) is 17.2. The first kappa shape index (κ1) is 20.5. The number of carbonyl (C=O) groups excluding carboxylic acids is 2. The topological polar surface area (TPSA) is 85.9 Å². The Kier molecular flexibility index (Phi) is 6.56. The van der Waals surface area contributed by atoms with Crippen LogP contribution in [0.4, 0.5) is 16.2 Å². The number of urea groups is 1. The first-order valence-electron chi connectivity index (χ1n) is 9.14. The smallest absolute Gasteiger partial charge is 0.351 e. The third-order valence-corrected chi connectivity index (χ3v) is 5.13. The molecule has 152 valence electrons. The molecule has 3 rings (SSSR count). The number of amides is 2. The molecule has 8 heteroatoms. The molecule has 2 aromatic carbocycles. The first-order chi connectivity index (χ1) is 14.1. The minimum absolute atomic E-state index is 0.400. The number of carbonyl (C=O) groups is 2. The number of esters is 1. The molecule has 0 aliphatic carbocycles. The van der Waals surface area contributed by atoms with Crippen LogP contribution in [0.15, 0.2) is 42.5 Å². The first-order valence-corrected chi connectivity index (χ1v) is 9.96. The Labute approximate surface area is 172 Å². The predicted octanol–water partition coefficient (Wildman–Crippen LogP) is 5.13. The molecule has 29 heavy (non-hydrogen) atoms. The molecule has 0 bridgehead atoms. The number of methoxy groups -OCH3 is 1. The van der Waals surface area contributed by atoms with Gasteiger partial charge in [-0.15, -0.1) is 11.3 Å². The van der Waals surface area contributed by atoms with Crippen LogP contribution in [0, 0.1) is 0 Å². The van der Waals surface area contributed by atoms with Crippen LogP contribution in [0.25, 0.3) is 10.1 Å². The summed E-state index contributed by atoms with van der Waals surface area (Å²) in [5.41, 5.74) is 1.14. The quantitative estimate of drug-likeness (QED) is 0.524. The van der Waals surface area contributed by atoms with E-state index in [-0.39, 0.29) is 0 Å². The molecule has 0 unspecified atom stereocenters. The van der Waals surface area contributed by atoms with Crippen molar-refractivity contribution in [1.82, 2.24) is 0 Å². The third kappa shape index (κ3) is 4.60. The lowest BCUT2D eigenvalue weighted by Gasteiger charge is -2.12. The van der Waals surface area contributed by atoms with Crippen molar-refractivity contribution in [3.63, 3.8) is 0 Å². The van der Waals surface area contributed by atoms with Gasteiger partial charge in [-0.05, 0) is 44.2 Å². The van der Waals surface area contributed by atoms with Crippen molar-refractivity contribution < 1.29 is 23.8 Å². The summed E-state index contributed by atoms with van der Waals surface area (Å²) in [4.78, 5) is 24.9. The molecule has 0 saturated carbocycles. The number of thiophene rings is 1. The minimum atomic E-state index is -0.450. The fourth-order valence-corrected chi connectivity index (χ4v) is 3.85. The molecule has 0 fully saturated rings. The summed E-state index contributed by atoms with van der Waals surface area (Å²) in [7, 11) is 1.33. The van der Waals surface area contributed by atoms with Gasteiger partial charge in [0, 0.05) is 15.8 Å². The van der Waals surface area contributed by atoms with E-state index in [0.717, 1.165) is 10.1 Å². The monoisotopic (exact) mass is 414 g/mol. The van der Waals surface area contributed by atoms with Gasteiger partial charge in [0.25, 0.3) is 0 Å². The maximum absolute atomic E-state index is 12.5. The van der Waals surface area contributed by atoms with Gasteiger partial charge in [0.1, 0.15) is 5.75 Å². The molecule has 7 nitrogen and oxygen atoms in total. The number of hydrogen-bond donors (Lipinski definition) is 2. The van der Waals surface area contributed by atoms with Crippen LogP contribution in [0.3, 0.4) is 0 Å². The number of para-hydroxylation sites is 2. The van der Waals surface area contributed by atoms with Crippen molar-refractivity contribution >= 4 is 44.8 Å². The number of anilines is 2. The van der Waals surface area contributed by atoms with Crippen LogP contribution >= 0.6 is 11.3 Å². The van der Waals surface area contributed by atoms with Crippen LogP contribution in [-0.4, -0.2) is 32.3 Å². The van der Waals surface area contributed by atoms with Gasteiger partial charge in [0.2, 0.25) is 0 Å². The van der Waals surface area contributed by atoms with E-state index in [1.165, 1.54) is 18.4 Å². The SMILES string of the molecule is CCOc1ccccc1NC(=O)Nc1ccc2sc(C(=O)OC)c(OCC)c2c1. The summed E-state index contributed by atoms with van der Waals surface area (Å²) in [6.45, 7) is 4.63. The average Bonchev–Trinajstić information content (AvgIpc) is 3.07. The van der Waals surface area contributed by atoms with Gasteiger partial charge in [-0.2, -0.15) is 0 Å². The molecule has 1 aromatic heterocycles. The summed E-state index contributed by atoms with van der Waals surface area (Å²) >= 11 is 1.29. The van der Waals surface area contributed by atoms with E-state index < -0.39 is 12.0 Å². The lowest BCUT2D eigenvalue weighted by Crippen LogP contribution is -2.19. The molecule has 2 amide bonds. The van der Waals surface area contributed by atoms with E-state index in [4.69, 9.17) is 14.2 Å². The molecule has 0 radical (unpaired) electrons. The second-order valence-corrected chi connectivity index (χ2v) is 6.96. The molecule has 0 atom stereocenters. The van der Waals surface area contributed by atoms with Crippen LogP contribution in [0.2, 0.25) is 0 Å². The Morgan fingerprint density at radius 2 is 1.76 bits per heavy atom. The van der Waals surface area contributed by atoms with Crippen molar-refractivity contribution in [3.05, 3.63) is 47.3 Å². The van der Waals surface area contributed by atoms with Crippen molar-refractivity contribution in [2.45, 2.75) is 13.8 Å². The lowest BCUT2D eigenvalue weighted by molar-refractivity contribution is 0.0602. The molecule has 1 heterocycles. The van der Waals surface area contributed by atoms with E-state index >= 15 is 0 Å². The number of ether oxygens (including phenoxy) is 3. The normalized spacial score (nSPS) is 10.4. The molecule has 0 saturated heterocycles. The predicted molar refractivity (Wildman–Crippen MR) is 115 cm³/mol. The Hall–Kier alpha value is -3.26. The van der Waals surface area contributed by atoms with Crippen LogP contribution in [0.1, 0.15) is 23.5 Å². The highest BCUT2D eigenvalue weighted by atomic mass is 32.1. The van der Waals surface area contributed by atoms with Crippen LogP contribution in [-0.2, 0) is 4.74 Å². The molecule has 0 spiro atoms. The number of hydrogen-bond acceptors (Lipinski definition) is 6. The zero-order chi connectivity index (χ0) is 20.8. The fourth-order valence-electron chi connectivity index (χ4n) is 2.80. The van der Waals surface area contributed by atoms with Crippen molar-refractivity contribution in [1.29, 1.82) is 0 Å². The second kappa shape index (κ2) is 9.29. The molecule has 2 N–H and O–H groups in total. The fraction of sp³-hybridized carbons (Fsp3) is 0.238.